The summed E-state index contributed by atoms with van der Waals surface area (Å²) >= 11 is 1.31. The number of hydrogen-bond acceptors (Lipinski definition) is 6. The molecule has 1 aromatic heterocycles. The van der Waals surface area contributed by atoms with Gasteiger partial charge in [-0.15, -0.1) is 11.3 Å². The van der Waals surface area contributed by atoms with Crippen LogP contribution in [-0.2, 0) is 10.0 Å². The molecule has 0 spiro atoms. The standard InChI is InChI=1S/C13H16N2O4S2/c16-9-11(17)8-14-10-3-5-12(6-4-10)21(18,19)15-13-2-1-7-20-13/h1-7,11,14-17H,8-9H2. The van der Waals surface area contributed by atoms with E-state index in [-0.39, 0.29) is 18.0 Å². The Hall–Kier alpha value is -1.61. The Morgan fingerprint density at radius 1 is 1.19 bits per heavy atom. The fraction of sp³-hybridized carbons (Fsp3) is 0.231. The molecule has 8 heteroatoms. The van der Waals surface area contributed by atoms with Gasteiger partial charge in [-0.2, -0.15) is 0 Å². The highest BCUT2D eigenvalue weighted by Crippen LogP contribution is 2.21. The zero-order valence-electron chi connectivity index (χ0n) is 11.1. The van der Waals surface area contributed by atoms with Crippen LogP contribution < -0.4 is 10.0 Å². The van der Waals surface area contributed by atoms with E-state index in [1.165, 1.54) is 23.5 Å². The molecule has 1 aromatic carbocycles. The Kier molecular flexibility index (Phi) is 5.18. The molecule has 0 aliphatic heterocycles. The van der Waals surface area contributed by atoms with Gasteiger partial charge < -0.3 is 15.5 Å². The van der Waals surface area contributed by atoms with Crippen molar-refractivity contribution in [1.82, 2.24) is 0 Å². The molecule has 1 atom stereocenters. The number of sulfonamides is 1. The predicted octanol–water partition coefficient (Wildman–Crippen LogP) is 1.31. The van der Waals surface area contributed by atoms with E-state index in [0.29, 0.717) is 10.7 Å². The maximum Gasteiger partial charge on any atom is 0.262 e. The number of thiophene rings is 1. The van der Waals surface area contributed by atoms with Crippen molar-refractivity contribution in [1.29, 1.82) is 0 Å². The molecule has 6 nitrogen and oxygen atoms in total. The lowest BCUT2D eigenvalue weighted by molar-refractivity contribution is 0.105. The molecule has 2 rings (SSSR count). The van der Waals surface area contributed by atoms with Crippen molar-refractivity contribution >= 4 is 32.0 Å². The van der Waals surface area contributed by atoms with E-state index in [1.54, 1.807) is 29.6 Å². The molecule has 0 aliphatic rings. The first-order valence-corrected chi connectivity index (χ1v) is 8.57. The van der Waals surface area contributed by atoms with Crippen molar-refractivity contribution in [3.8, 4) is 0 Å². The van der Waals surface area contributed by atoms with E-state index in [1.807, 2.05) is 0 Å². The lowest BCUT2D eigenvalue weighted by atomic mass is 10.3. The molecule has 0 amide bonds. The van der Waals surface area contributed by atoms with Gasteiger partial charge in [-0.05, 0) is 41.8 Å². The van der Waals surface area contributed by atoms with E-state index in [0.717, 1.165) is 0 Å². The Morgan fingerprint density at radius 3 is 2.48 bits per heavy atom. The van der Waals surface area contributed by atoms with Gasteiger partial charge in [0.25, 0.3) is 10.0 Å². The van der Waals surface area contributed by atoms with E-state index in [9.17, 15) is 13.5 Å². The molecule has 0 bridgehead atoms. The summed E-state index contributed by atoms with van der Waals surface area (Å²) in [6.07, 6.45) is -0.853. The second-order valence-corrected chi connectivity index (χ2v) is 6.95. The molecule has 4 N–H and O–H groups in total. The quantitative estimate of drug-likeness (QED) is 0.614. The Morgan fingerprint density at radius 2 is 1.90 bits per heavy atom. The number of benzene rings is 1. The van der Waals surface area contributed by atoms with Crippen LogP contribution in [0.4, 0.5) is 10.7 Å². The molecule has 114 valence electrons. The van der Waals surface area contributed by atoms with Crippen LogP contribution in [0.2, 0.25) is 0 Å². The average Bonchev–Trinajstić information content (AvgIpc) is 2.97. The van der Waals surface area contributed by atoms with Gasteiger partial charge in [-0.25, -0.2) is 8.42 Å². The number of anilines is 2. The summed E-state index contributed by atoms with van der Waals surface area (Å²) in [6.45, 7) is -0.139. The molecule has 21 heavy (non-hydrogen) atoms. The maximum atomic E-state index is 12.1. The first-order chi connectivity index (χ1) is 10.0. The minimum absolute atomic E-state index is 0.157. The zero-order valence-corrected chi connectivity index (χ0v) is 12.7. The van der Waals surface area contributed by atoms with Crippen LogP contribution in [0.1, 0.15) is 0 Å². The summed E-state index contributed by atoms with van der Waals surface area (Å²) in [5, 5.41) is 23.2. The van der Waals surface area contributed by atoms with Crippen LogP contribution in [0.15, 0.2) is 46.7 Å². The smallest absolute Gasteiger partial charge is 0.262 e. The normalized spacial score (nSPS) is 12.9. The Labute approximate surface area is 127 Å². The number of hydrogen-bond donors (Lipinski definition) is 4. The number of nitrogens with one attached hydrogen (secondary N) is 2. The fourth-order valence-corrected chi connectivity index (χ4v) is 3.51. The summed E-state index contributed by atoms with van der Waals surface area (Å²) in [5.74, 6) is 0. The van der Waals surface area contributed by atoms with Gasteiger partial charge in [0.1, 0.15) is 5.00 Å². The van der Waals surface area contributed by atoms with Crippen LogP contribution >= 0.6 is 11.3 Å². The number of rotatable bonds is 7. The van der Waals surface area contributed by atoms with Crippen LogP contribution in [0.25, 0.3) is 0 Å². The van der Waals surface area contributed by atoms with Crippen molar-refractivity contribution in [3.63, 3.8) is 0 Å². The molecule has 0 saturated heterocycles. The highest BCUT2D eigenvalue weighted by atomic mass is 32.2. The predicted molar refractivity (Wildman–Crippen MR) is 83.2 cm³/mol. The van der Waals surface area contributed by atoms with Gasteiger partial charge in [0.2, 0.25) is 0 Å². The molecule has 0 saturated carbocycles. The second-order valence-electron chi connectivity index (χ2n) is 4.32. The topological polar surface area (TPSA) is 98.7 Å². The number of aliphatic hydroxyl groups is 2. The molecule has 0 fully saturated rings. The third-order valence-corrected chi connectivity index (χ3v) is 4.97. The minimum atomic E-state index is -3.59. The van der Waals surface area contributed by atoms with Gasteiger partial charge in [0.05, 0.1) is 17.6 Å². The van der Waals surface area contributed by atoms with E-state index < -0.39 is 16.1 Å². The van der Waals surface area contributed by atoms with Gasteiger partial charge in [0.15, 0.2) is 0 Å². The van der Waals surface area contributed by atoms with Crippen molar-refractivity contribution in [3.05, 3.63) is 41.8 Å². The van der Waals surface area contributed by atoms with Crippen LogP contribution in [0.3, 0.4) is 0 Å². The second kappa shape index (κ2) is 6.90. The van der Waals surface area contributed by atoms with Gasteiger partial charge in [-0.3, -0.25) is 4.72 Å². The summed E-state index contributed by atoms with van der Waals surface area (Å²) < 4.78 is 26.7. The largest absolute Gasteiger partial charge is 0.394 e. The van der Waals surface area contributed by atoms with E-state index in [4.69, 9.17) is 5.11 Å². The average molecular weight is 328 g/mol. The third kappa shape index (κ3) is 4.43. The molecule has 2 aromatic rings. The fourth-order valence-electron chi connectivity index (χ4n) is 1.58. The summed E-state index contributed by atoms with van der Waals surface area (Å²) in [4.78, 5) is 0.157. The summed E-state index contributed by atoms with van der Waals surface area (Å²) in [6, 6.07) is 9.61. The SMILES string of the molecule is O=S(=O)(Nc1cccs1)c1ccc(NCC(O)CO)cc1. The molecule has 1 heterocycles. The van der Waals surface area contributed by atoms with Crippen molar-refractivity contribution in [2.75, 3.05) is 23.2 Å². The third-order valence-electron chi connectivity index (χ3n) is 2.67. The lowest BCUT2D eigenvalue weighted by Gasteiger charge is -2.11. The molecular formula is C13H16N2O4S2. The first kappa shape index (κ1) is 15.8. The van der Waals surface area contributed by atoms with Gasteiger partial charge in [-0.1, -0.05) is 0 Å². The van der Waals surface area contributed by atoms with Gasteiger partial charge >= 0.3 is 0 Å². The van der Waals surface area contributed by atoms with Crippen LogP contribution in [0, 0.1) is 0 Å². The molecule has 0 aliphatic carbocycles. The first-order valence-electron chi connectivity index (χ1n) is 6.20. The highest BCUT2D eigenvalue weighted by Gasteiger charge is 2.14. The molecular weight excluding hydrogens is 312 g/mol. The van der Waals surface area contributed by atoms with E-state index in [2.05, 4.69) is 10.0 Å². The maximum absolute atomic E-state index is 12.1. The van der Waals surface area contributed by atoms with Crippen molar-refractivity contribution in [2.24, 2.45) is 0 Å². The number of aliphatic hydroxyl groups excluding tert-OH is 2. The monoisotopic (exact) mass is 328 g/mol. The van der Waals surface area contributed by atoms with Crippen LogP contribution in [0.5, 0.6) is 0 Å². The Balaban J connectivity index is 2.04. The van der Waals surface area contributed by atoms with Gasteiger partial charge in [0, 0.05) is 12.2 Å². The van der Waals surface area contributed by atoms with Crippen molar-refractivity contribution < 1.29 is 18.6 Å². The van der Waals surface area contributed by atoms with Crippen molar-refractivity contribution in [2.45, 2.75) is 11.0 Å². The lowest BCUT2D eigenvalue weighted by Crippen LogP contribution is -2.22. The molecule has 1 unspecified atom stereocenters. The van der Waals surface area contributed by atoms with E-state index >= 15 is 0 Å². The minimum Gasteiger partial charge on any atom is -0.394 e. The molecule has 0 radical (unpaired) electrons. The zero-order chi connectivity index (χ0) is 15.3. The summed E-state index contributed by atoms with van der Waals surface area (Å²) in [7, 11) is -3.59. The highest BCUT2D eigenvalue weighted by molar-refractivity contribution is 7.93. The summed E-state index contributed by atoms with van der Waals surface area (Å²) in [5.41, 5.74) is 0.664. The van der Waals surface area contributed by atoms with Crippen LogP contribution in [-0.4, -0.2) is 37.9 Å². The Bertz CT molecular complexity index is 654.